The maximum atomic E-state index is 14.3. The highest BCUT2D eigenvalue weighted by molar-refractivity contribution is 5.76. The van der Waals surface area contributed by atoms with Crippen LogP contribution in [0, 0.1) is 11.8 Å². The van der Waals surface area contributed by atoms with Gasteiger partial charge in [0, 0.05) is 50.3 Å². The van der Waals surface area contributed by atoms with Crippen molar-refractivity contribution in [3.63, 3.8) is 0 Å². The lowest BCUT2D eigenvalue weighted by Gasteiger charge is -2.45. The minimum atomic E-state index is -0.141. The number of benzene rings is 1. The Bertz CT molecular complexity index is 1280. The van der Waals surface area contributed by atoms with Crippen LogP contribution < -0.4 is 10.5 Å². The van der Waals surface area contributed by atoms with Crippen LogP contribution in [0.15, 0.2) is 29.1 Å². The van der Waals surface area contributed by atoms with Gasteiger partial charge in [-0.15, -0.1) is 0 Å². The summed E-state index contributed by atoms with van der Waals surface area (Å²) in [5.41, 5.74) is 2.01. The molecule has 0 amide bonds. The molecule has 0 spiro atoms. The van der Waals surface area contributed by atoms with E-state index in [1.807, 2.05) is 13.0 Å². The van der Waals surface area contributed by atoms with Gasteiger partial charge in [-0.2, -0.15) is 0 Å². The third kappa shape index (κ3) is 5.31. The fraction of sp³-hybridized carbons (Fsp3) is 0.727. The normalized spacial score (nSPS) is 31.3. The van der Waals surface area contributed by atoms with Crippen molar-refractivity contribution in [1.29, 1.82) is 0 Å². The second-order valence-corrected chi connectivity index (χ2v) is 13.5. The second kappa shape index (κ2) is 11.7. The molecule has 4 unspecified atom stereocenters. The molecule has 5 heterocycles. The van der Waals surface area contributed by atoms with Crippen LogP contribution in [0.5, 0.6) is 0 Å². The van der Waals surface area contributed by atoms with Gasteiger partial charge in [0.25, 0.3) is 5.56 Å². The molecule has 4 aliphatic heterocycles. The van der Waals surface area contributed by atoms with Crippen LogP contribution in [-0.2, 0) is 9.53 Å². The first-order chi connectivity index (χ1) is 20.1. The van der Waals surface area contributed by atoms with E-state index >= 15 is 0 Å². The smallest absolute Gasteiger partial charge is 0.320 e. The Hall–Kier alpha value is -2.45. The molecule has 1 aliphatic carbocycles. The molecule has 2 bridgehead atoms. The zero-order valence-corrected chi connectivity index (χ0v) is 24.8. The minimum Gasteiger partial charge on any atom is -0.465 e. The molecule has 222 valence electrons. The monoisotopic (exact) mass is 561 g/mol. The lowest BCUT2D eigenvalue weighted by molar-refractivity contribution is -0.144. The maximum Gasteiger partial charge on any atom is 0.320 e. The SMILES string of the molecule is CCOC(=O)CN1CC2CN(c3nc4ccccc4n(C4CC5CCC(C4)N5C4CCCCCCC4)c3=O)CC2C1. The fourth-order valence-electron chi connectivity index (χ4n) is 9.22. The van der Waals surface area contributed by atoms with Gasteiger partial charge in [-0.05, 0) is 69.4 Å². The topological polar surface area (TPSA) is 70.9 Å². The average Bonchev–Trinajstić information content (AvgIpc) is 3.57. The molecule has 1 aromatic carbocycles. The summed E-state index contributed by atoms with van der Waals surface area (Å²) in [4.78, 5) is 38.7. The number of hydrogen-bond donors (Lipinski definition) is 0. The van der Waals surface area contributed by atoms with Gasteiger partial charge in [0.2, 0.25) is 0 Å². The number of piperidine rings is 1. The number of carbonyl (C=O) groups excluding carboxylic acids is 1. The van der Waals surface area contributed by atoms with Gasteiger partial charge in [-0.25, -0.2) is 4.98 Å². The zero-order valence-electron chi connectivity index (χ0n) is 24.8. The largest absolute Gasteiger partial charge is 0.465 e. The number of para-hydroxylation sites is 2. The number of fused-ring (bicyclic) bond motifs is 4. The van der Waals surface area contributed by atoms with Crippen LogP contribution in [0.2, 0.25) is 0 Å². The molecule has 2 aromatic rings. The van der Waals surface area contributed by atoms with E-state index in [2.05, 4.69) is 37.5 Å². The molecule has 5 aliphatic rings. The van der Waals surface area contributed by atoms with Crippen LogP contribution in [0.4, 0.5) is 5.82 Å². The molecule has 7 rings (SSSR count). The van der Waals surface area contributed by atoms with Crippen LogP contribution in [0.1, 0.15) is 83.6 Å². The molecule has 1 aromatic heterocycles. The predicted octanol–water partition coefficient (Wildman–Crippen LogP) is 4.61. The average molecular weight is 562 g/mol. The molecule has 8 heteroatoms. The number of aromatic nitrogens is 2. The van der Waals surface area contributed by atoms with Gasteiger partial charge in [-0.3, -0.25) is 19.4 Å². The predicted molar refractivity (Wildman–Crippen MR) is 161 cm³/mol. The number of esters is 1. The van der Waals surface area contributed by atoms with Crippen molar-refractivity contribution in [2.75, 3.05) is 44.2 Å². The van der Waals surface area contributed by atoms with Crippen molar-refractivity contribution in [2.45, 2.75) is 102 Å². The van der Waals surface area contributed by atoms with Gasteiger partial charge in [0.15, 0.2) is 5.82 Å². The summed E-state index contributed by atoms with van der Waals surface area (Å²) < 4.78 is 7.32. The standard InChI is InChI=1S/C33H47N5O3/c1-2-41-31(39)22-35-18-23-20-36(21-24(23)19-35)32-33(40)38(30-13-9-8-12-29(30)34-32)28-16-26-14-15-27(17-28)37(26)25-10-6-4-3-5-7-11-25/h8-9,12-13,23-28H,2-7,10-11,14-22H2,1H3. The minimum absolute atomic E-state index is 0.0934. The van der Waals surface area contributed by atoms with Crippen molar-refractivity contribution < 1.29 is 9.53 Å². The van der Waals surface area contributed by atoms with Crippen LogP contribution in [0.3, 0.4) is 0 Å². The van der Waals surface area contributed by atoms with Crippen molar-refractivity contribution in [1.82, 2.24) is 19.4 Å². The summed E-state index contributed by atoms with van der Waals surface area (Å²) in [6.07, 6.45) is 14.4. The van der Waals surface area contributed by atoms with Crippen molar-refractivity contribution in [3.8, 4) is 0 Å². The van der Waals surface area contributed by atoms with Gasteiger partial charge in [-0.1, -0.05) is 44.2 Å². The molecule has 8 nitrogen and oxygen atoms in total. The maximum absolute atomic E-state index is 14.3. The molecule has 0 radical (unpaired) electrons. The highest BCUT2D eigenvalue weighted by Gasteiger charge is 2.45. The summed E-state index contributed by atoms with van der Waals surface area (Å²) in [5.74, 6) is 1.39. The van der Waals surface area contributed by atoms with E-state index in [9.17, 15) is 9.59 Å². The van der Waals surface area contributed by atoms with Gasteiger partial charge < -0.3 is 14.2 Å². The number of nitrogens with zero attached hydrogens (tertiary/aromatic N) is 5. The third-order valence-electron chi connectivity index (χ3n) is 10.9. The number of likely N-dealkylation sites (tertiary alicyclic amines) is 1. The van der Waals surface area contributed by atoms with E-state index in [4.69, 9.17) is 9.72 Å². The Kier molecular flexibility index (Phi) is 7.80. The molecular weight excluding hydrogens is 514 g/mol. The van der Waals surface area contributed by atoms with E-state index in [0.29, 0.717) is 42.9 Å². The summed E-state index contributed by atoms with van der Waals surface area (Å²) in [7, 11) is 0. The van der Waals surface area contributed by atoms with Gasteiger partial charge in [0.05, 0.1) is 24.2 Å². The Morgan fingerprint density at radius 2 is 1.51 bits per heavy atom. The van der Waals surface area contributed by atoms with Crippen molar-refractivity contribution in [2.24, 2.45) is 11.8 Å². The number of anilines is 1. The zero-order chi connectivity index (χ0) is 27.9. The Morgan fingerprint density at radius 1 is 0.854 bits per heavy atom. The Balaban J connectivity index is 1.12. The number of rotatable bonds is 6. The van der Waals surface area contributed by atoms with E-state index in [-0.39, 0.29) is 17.6 Å². The quantitative estimate of drug-likeness (QED) is 0.477. The van der Waals surface area contributed by atoms with Crippen LogP contribution >= 0.6 is 0 Å². The summed E-state index contributed by atoms with van der Waals surface area (Å²) in [6, 6.07) is 10.4. The van der Waals surface area contributed by atoms with Crippen molar-refractivity contribution >= 4 is 22.8 Å². The fourth-order valence-corrected chi connectivity index (χ4v) is 9.22. The lowest BCUT2D eigenvalue weighted by atomic mass is 9.89. The number of carbonyl (C=O) groups is 1. The highest BCUT2D eigenvalue weighted by atomic mass is 16.5. The molecule has 5 fully saturated rings. The van der Waals surface area contributed by atoms with Crippen LogP contribution in [0.25, 0.3) is 11.0 Å². The van der Waals surface area contributed by atoms with Gasteiger partial charge in [0.1, 0.15) is 0 Å². The second-order valence-electron chi connectivity index (χ2n) is 13.5. The first-order valence-electron chi connectivity index (χ1n) is 16.5. The summed E-state index contributed by atoms with van der Waals surface area (Å²) in [6.45, 7) is 6.06. The summed E-state index contributed by atoms with van der Waals surface area (Å²) >= 11 is 0. The number of ether oxygens (including phenoxy) is 1. The molecular formula is C33H47N5O3. The highest BCUT2D eigenvalue weighted by Crippen LogP contribution is 2.44. The molecule has 4 saturated heterocycles. The summed E-state index contributed by atoms with van der Waals surface area (Å²) in [5, 5.41) is 0. The first-order valence-corrected chi connectivity index (χ1v) is 16.5. The molecule has 0 N–H and O–H groups in total. The van der Waals surface area contributed by atoms with Crippen LogP contribution in [-0.4, -0.2) is 82.8 Å². The van der Waals surface area contributed by atoms with E-state index < -0.39 is 0 Å². The molecule has 4 atom stereocenters. The lowest BCUT2D eigenvalue weighted by Crippen LogP contribution is -2.50. The van der Waals surface area contributed by atoms with Crippen molar-refractivity contribution in [3.05, 3.63) is 34.6 Å². The number of hydrogen-bond acceptors (Lipinski definition) is 7. The molecule has 1 saturated carbocycles. The molecule has 41 heavy (non-hydrogen) atoms. The Labute approximate surface area is 244 Å². The van der Waals surface area contributed by atoms with E-state index in [1.54, 1.807) is 0 Å². The van der Waals surface area contributed by atoms with E-state index in [0.717, 1.165) is 56.1 Å². The Morgan fingerprint density at radius 3 is 2.20 bits per heavy atom. The van der Waals surface area contributed by atoms with E-state index in [1.165, 1.54) is 57.8 Å². The third-order valence-corrected chi connectivity index (χ3v) is 10.9. The van der Waals surface area contributed by atoms with Gasteiger partial charge >= 0.3 is 5.97 Å². The first kappa shape index (κ1) is 27.4.